The zero-order valence-electron chi connectivity index (χ0n) is 17.4. The predicted octanol–water partition coefficient (Wildman–Crippen LogP) is 6.91. The molecule has 0 N–H and O–H groups in total. The van der Waals surface area contributed by atoms with Gasteiger partial charge >= 0.3 is 5.97 Å². The largest absolute Gasteiger partial charge is 0.423 e. The van der Waals surface area contributed by atoms with Gasteiger partial charge in [0.05, 0.1) is 16.4 Å². The first-order valence-corrected chi connectivity index (χ1v) is 10.8. The van der Waals surface area contributed by atoms with Crippen LogP contribution in [-0.4, -0.2) is 11.1 Å². The number of rotatable bonds is 9. The molecule has 31 heavy (non-hydrogen) atoms. The molecule has 3 aromatic carbocycles. The minimum absolute atomic E-state index is 0.169. The van der Waals surface area contributed by atoms with E-state index in [4.69, 9.17) is 4.74 Å². The van der Waals surface area contributed by atoms with Crippen molar-refractivity contribution in [3.8, 4) is 5.75 Å². The molecule has 0 unspecified atom stereocenters. The summed E-state index contributed by atoms with van der Waals surface area (Å²) in [5, 5.41) is 2.27. The molecule has 0 aliphatic heterocycles. The Labute approximate surface area is 187 Å². The number of carbonyl (C=O) groups is 1. The second-order valence-corrected chi connectivity index (χ2v) is 7.50. The topological polar surface area (TPSA) is 38.7 Å². The van der Waals surface area contributed by atoms with Gasteiger partial charge in [0, 0.05) is 0 Å². The van der Waals surface area contributed by atoms with Crippen LogP contribution in [0.25, 0.3) is 0 Å². The summed E-state index contributed by atoms with van der Waals surface area (Å²) in [5.74, 6) is -0.668. The Balaban J connectivity index is 1.58. The zero-order valence-corrected chi connectivity index (χ0v) is 18.3. The normalized spacial score (nSPS) is 10.4. The fourth-order valence-electron chi connectivity index (χ4n) is 3.22. The van der Waals surface area contributed by atoms with Crippen molar-refractivity contribution in [3.63, 3.8) is 0 Å². The average Bonchev–Trinajstić information content (AvgIpc) is 2.79. The van der Waals surface area contributed by atoms with Gasteiger partial charge in [-0.15, -0.1) is 0 Å². The molecule has 3 nitrogen and oxygen atoms in total. The maximum absolute atomic E-state index is 14.6. The van der Waals surface area contributed by atoms with Crippen LogP contribution in [-0.2, 0) is 19.3 Å². The Bertz CT molecular complexity index is 1070. The number of benzene rings is 3. The van der Waals surface area contributed by atoms with E-state index in [2.05, 4.69) is 53.6 Å². The van der Waals surface area contributed by atoms with Crippen LogP contribution in [0.3, 0.4) is 0 Å². The molecule has 0 saturated heterocycles. The Hall–Kier alpha value is -3.14. The number of ether oxygens (including phenoxy) is 1. The molecule has 3 rings (SSSR count). The first kappa shape index (κ1) is 22.5. The van der Waals surface area contributed by atoms with E-state index in [1.54, 1.807) is 36.4 Å². The third-order valence-electron chi connectivity index (χ3n) is 5.04. The summed E-state index contributed by atoms with van der Waals surface area (Å²) in [4.78, 5) is 16.2. The molecular formula is C26H24FNO2S. The first-order chi connectivity index (χ1) is 15.1. The van der Waals surface area contributed by atoms with Crippen LogP contribution < -0.4 is 4.74 Å². The molecule has 0 saturated carbocycles. The molecule has 0 spiro atoms. The molecule has 0 fully saturated rings. The lowest BCUT2D eigenvalue weighted by Gasteiger charge is -2.08. The number of isothiocyanates is 1. The van der Waals surface area contributed by atoms with Crippen molar-refractivity contribution in [3.05, 3.63) is 94.8 Å². The number of unbranched alkanes of at least 4 members (excludes halogenated alkanes) is 1. The molecule has 158 valence electrons. The van der Waals surface area contributed by atoms with Gasteiger partial charge in [-0.2, -0.15) is 4.99 Å². The van der Waals surface area contributed by atoms with Gasteiger partial charge in [-0.3, -0.25) is 0 Å². The molecule has 0 heterocycles. The predicted molar refractivity (Wildman–Crippen MR) is 125 cm³/mol. The number of thiocarbonyl (C=S) groups is 1. The van der Waals surface area contributed by atoms with Gasteiger partial charge in [-0.05, 0) is 91.0 Å². The molecular weight excluding hydrogens is 409 g/mol. The highest BCUT2D eigenvalue weighted by molar-refractivity contribution is 7.78. The standard InChI is InChI=1S/C26H24FNO2S/c1-2-3-4-19-5-7-20(8-6-19)9-10-21-11-12-22(17-25(21)27)26(29)30-24-15-13-23(14-16-24)28-18-31/h5-8,11-17H,2-4,9-10H2,1H3. The number of nitrogens with zero attached hydrogens (tertiary/aromatic N) is 1. The molecule has 0 aliphatic rings. The van der Waals surface area contributed by atoms with E-state index in [0.29, 0.717) is 23.4 Å². The molecule has 5 heteroatoms. The van der Waals surface area contributed by atoms with E-state index in [1.807, 2.05) is 0 Å². The lowest BCUT2D eigenvalue weighted by Crippen LogP contribution is -2.09. The van der Waals surface area contributed by atoms with Crippen molar-refractivity contribution in [1.29, 1.82) is 0 Å². The van der Waals surface area contributed by atoms with Crippen molar-refractivity contribution in [2.45, 2.75) is 39.0 Å². The maximum Gasteiger partial charge on any atom is 0.343 e. The minimum atomic E-state index is -0.612. The summed E-state index contributed by atoms with van der Waals surface area (Å²) in [6.07, 6.45) is 4.77. The SMILES string of the molecule is CCCCc1ccc(CCc2ccc(C(=O)Oc3ccc(N=C=S)cc3)cc2F)cc1. The van der Waals surface area contributed by atoms with Crippen LogP contribution in [0.1, 0.15) is 46.8 Å². The van der Waals surface area contributed by atoms with Gasteiger partial charge in [0.1, 0.15) is 11.6 Å². The Morgan fingerprint density at radius 2 is 1.65 bits per heavy atom. The number of aliphatic imine (C=N–C) groups is 1. The van der Waals surface area contributed by atoms with Crippen LogP contribution in [0.15, 0.2) is 71.7 Å². The monoisotopic (exact) mass is 433 g/mol. The molecule has 0 amide bonds. The van der Waals surface area contributed by atoms with Crippen molar-refractivity contribution < 1.29 is 13.9 Å². The number of hydrogen-bond donors (Lipinski definition) is 0. The smallest absolute Gasteiger partial charge is 0.343 e. The van der Waals surface area contributed by atoms with Crippen molar-refractivity contribution >= 4 is 29.0 Å². The van der Waals surface area contributed by atoms with Crippen LogP contribution in [0, 0.1) is 5.82 Å². The van der Waals surface area contributed by atoms with Crippen LogP contribution in [0.5, 0.6) is 5.75 Å². The van der Waals surface area contributed by atoms with Crippen molar-refractivity contribution in [1.82, 2.24) is 0 Å². The summed E-state index contributed by atoms with van der Waals surface area (Å²) < 4.78 is 19.9. The van der Waals surface area contributed by atoms with Gasteiger partial charge in [0.15, 0.2) is 0 Å². The summed E-state index contributed by atoms with van der Waals surface area (Å²) in [6.45, 7) is 2.18. The van der Waals surface area contributed by atoms with Crippen LogP contribution in [0.4, 0.5) is 10.1 Å². The van der Waals surface area contributed by atoms with Crippen LogP contribution in [0.2, 0.25) is 0 Å². The zero-order chi connectivity index (χ0) is 22.1. The molecule has 0 aliphatic carbocycles. The fourth-order valence-corrected chi connectivity index (χ4v) is 3.32. The second kappa shape index (κ2) is 11.3. The highest BCUT2D eigenvalue weighted by atomic mass is 32.1. The highest BCUT2D eigenvalue weighted by Crippen LogP contribution is 2.20. The molecule has 0 atom stereocenters. The summed E-state index contributed by atoms with van der Waals surface area (Å²) in [7, 11) is 0. The second-order valence-electron chi connectivity index (χ2n) is 7.31. The van der Waals surface area contributed by atoms with E-state index in [1.165, 1.54) is 30.0 Å². The van der Waals surface area contributed by atoms with Gasteiger partial charge in [0.25, 0.3) is 0 Å². The maximum atomic E-state index is 14.6. The third kappa shape index (κ3) is 6.68. The number of aryl methyl sites for hydroxylation is 3. The van der Waals surface area contributed by atoms with Gasteiger partial charge in [-0.25, -0.2) is 9.18 Å². The lowest BCUT2D eigenvalue weighted by molar-refractivity contribution is 0.0734. The van der Waals surface area contributed by atoms with Crippen molar-refractivity contribution in [2.24, 2.45) is 4.99 Å². The summed E-state index contributed by atoms with van der Waals surface area (Å²) in [5.41, 5.74) is 3.86. The lowest BCUT2D eigenvalue weighted by atomic mass is 10.0. The van der Waals surface area contributed by atoms with E-state index in [-0.39, 0.29) is 5.56 Å². The number of halogens is 1. The number of esters is 1. The first-order valence-electron chi connectivity index (χ1n) is 10.4. The van der Waals surface area contributed by atoms with E-state index in [0.717, 1.165) is 12.8 Å². The van der Waals surface area contributed by atoms with Gasteiger partial charge < -0.3 is 4.74 Å². The van der Waals surface area contributed by atoms with E-state index in [9.17, 15) is 9.18 Å². The Kier molecular flexibility index (Phi) is 8.22. The van der Waals surface area contributed by atoms with Crippen molar-refractivity contribution in [2.75, 3.05) is 0 Å². The highest BCUT2D eigenvalue weighted by Gasteiger charge is 2.12. The average molecular weight is 434 g/mol. The Morgan fingerprint density at radius 3 is 2.26 bits per heavy atom. The minimum Gasteiger partial charge on any atom is -0.423 e. The fraction of sp³-hybridized carbons (Fsp3) is 0.231. The summed E-state index contributed by atoms with van der Waals surface area (Å²) >= 11 is 4.55. The molecule has 0 radical (unpaired) electrons. The van der Waals surface area contributed by atoms with E-state index < -0.39 is 11.8 Å². The molecule has 3 aromatic rings. The quantitative estimate of drug-likeness (QED) is 0.159. The third-order valence-corrected chi connectivity index (χ3v) is 5.13. The summed E-state index contributed by atoms with van der Waals surface area (Å²) in [6, 6.07) is 19.5. The van der Waals surface area contributed by atoms with E-state index >= 15 is 0 Å². The number of carbonyl (C=O) groups excluding carboxylic acids is 1. The molecule has 0 bridgehead atoms. The van der Waals surface area contributed by atoms with Crippen LogP contribution >= 0.6 is 12.2 Å². The van der Waals surface area contributed by atoms with Gasteiger partial charge in [0.2, 0.25) is 0 Å². The Morgan fingerprint density at radius 1 is 0.968 bits per heavy atom. The van der Waals surface area contributed by atoms with Gasteiger partial charge in [-0.1, -0.05) is 43.7 Å². The molecule has 0 aromatic heterocycles. The number of hydrogen-bond acceptors (Lipinski definition) is 4.